The average Bonchev–Trinajstić information content (AvgIpc) is 2.60. The van der Waals surface area contributed by atoms with Crippen molar-refractivity contribution >= 4 is 24.2 Å². The van der Waals surface area contributed by atoms with Crippen LogP contribution in [0.15, 0.2) is 24.4 Å². The van der Waals surface area contributed by atoms with Gasteiger partial charge in [-0.15, -0.1) is 0 Å². The van der Waals surface area contributed by atoms with Crippen molar-refractivity contribution < 1.29 is 14.4 Å². The summed E-state index contributed by atoms with van der Waals surface area (Å²) in [4.78, 5) is 0. The normalized spacial score (nSPS) is 10.7. The highest BCUT2D eigenvalue weighted by atomic mass is 35.5. The Morgan fingerprint density at radius 3 is 2.72 bits per heavy atom. The minimum absolute atomic E-state index is 0.150. The van der Waals surface area contributed by atoms with Crippen molar-refractivity contribution in [2.75, 3.05) is 0 Å². The maximum atomic E-state index is 13.3. The van der Waals surface area contributed by atoms with Crippen molar-refractivity contribution in [2.45, 2.75) is 13.5 Å². The predicted octanol–water partition coefficient (Wildman–Crippen LogP) is 0.712. The Balaban J connectivity index is 2.27. The zero-order chi connectivity index (χ0) is 13.3. The van der Waals surface area contributed by atoms with Crippen LogP contribution in [0.5, 0.6) is 0 Å². The lowest BCUT2D eigenvalue weighted by Crippen LogP contribution is -2.33. The van der Waals surface area contributed by atoms with Crippen LogP contribution in [0.4, 0.5) is 4.39 Å². The number of hydrogen-bond acceptors (Lipinski definition) is 3. The molecular formula is C11H11BClFN2O2. The van der Waals surface area contributed by atoms with Crippen LogP contribution >= 0.6 is 11.6 Å². The first-order valence-corrected chi connectivity index (χ1v) is 5.69. The number of aryl methyl sites for hydroxylation is 1. The van der Waals surface area contributed by atoms with Gasteiger partial charge in [0, 0.05) is 11.7 Å². The molecule has 0 aliphatic rings. The molecule has 94 valence electrons. The van der Waals surface area contributed by atoms with Crippen molar-refractivity contribution in [3.63, 3.8) is 0 Å². The van der Waals surface area contributed by atoms with E-state index in [9.17, 15) is 4.39 Å². The van der Waals surface area contributed by atoms with E-state index in [0.717, 1.165) is 0 Å². The van der Waals surface area contributed by atoms with Crippen LogP contribution in [0.3, 0.4) is 0 Å². The Labute approximate surface area is 109 Å². The van der Waals surface area contributed by atoms with Crippen LogP contribution in [0.2, 0.25) is 5.02 Å². The predicted molar refractivity (Wildman–Crippen MR) is 67.3 cm³/mol. The molecule has 0 saturated carbocycles. The standard InChI is InChI=1S/C11H11BClFN2O2/c1-7-10(13)6-16(15-7)5-8-2-3-11(14)9(4-8)12(17)18/h2-4,6,17-18H,5H2,1H3. The van der Waals surface area contributed by atoms with Crippen molar-refractivity contribution in [3.05, 3.63) is 46.5 Å². The fraction of sp³-hybridized carbons (Fsp3) is 0.182. The maximum Gasteiger partial charge on any atom is 0.491 e. The third-order valence-corrected chi connectivity index (χ3v) is 2.94. The first kappa shape index (κ1) is 13.1. The van der Waals surface area contributed by atoms with Crippen molar-refractivity contribution in [1.82, 2.24) is 9.78 Å². The van der Waals surface area contributed by atoms with E-state index in [4.69, 9.17) is 21.6 Å². The SMILES string of the molecule is Cc1nn(Cc2ccc(F)c(B(O)O)c2)cc1Cl. The molecule has 0 fully saturated rings. The van der Waals surface area contributed by atoms with Gasteiger partial charge < -0.3 is 10.0 Å². The van der Waals surface area contributed by atoms with Gasteiger partial charge in [-0.25, -0.2) is 4.39 Å². The summed E-state index contributed by atoms with van der Waals surface area (Å²) < 4.78 is 14.9. The molecule has 0 spiro atoms. The summed E-state index contributed by atoms with van der Waals surface area (Å²) in [7, 11) is -1.83. The van der Waals surface area contributed by atoms with Gasteiger partial charge in [0.05, 0.1) is 17.3 Å². The highest BCUT2D eigenvalue weighted by Gasteiger charge is 2.17. The number of nitrogens with zero attached hydrogens (tertiary/aromatic N) is 2. The molecule has 2 N–H and O–H groups in total. The Morgan fingerprint density at radius 2 is 2.17 bits per heavy atom. The van der Waals surface area contributed by atoms with E-state index in [2.05, 4.69) is 5.10 Å². The average molecular weight is 268 g/mol. The molecule has 1 aromatic carbocycles. The molecule has 0 atom stereocenters. The maximum absolute atomic E-state index is 13.3. The largest absolute Gasteiger partial charge is 0.491 e. The highest BCUT2D eigenvalue weighted by Crippen LogP contribution is 2.13. The second-order valence-corrected chi connectivity index (χ2v) is 4.40. The number of hydrogen-bond donors (Lipinski definition) is 2. The number of rotatable bonds is 3. The lowest BCUT2D eigenvalue weighted by atomic mass is 9.79. The first-order chi connectivity index (χ1) is 8.47. The van der Waals surface area contributed by atoms with Crippen LogP contribution in [-0.4, -0.2) is 26.9 Å². The van der Waals surface area contributed by atoms with E-state index < -0.39 is 12.9 Å². The second-order valence-electron chi connectivity index (χ2n) is 3.99. The molecule has 0 saturated heterocycles. The molecule has 1 aromatic heterocycles. The molecule has 0 radical (unpaired) electrons. The zero-order valence-electron chi connectivity index (χ0n) is 9.64. The molecule has 7 heteroatoms. The molecule has 0 bridgehead atoms. The van der Waals surface area contributed by atoms with Gasteiger partial charge in [0.15, 0.2) is 0 Å². The van der Waals surface area contributed by atoms with Gasteiger partial charge >= 0.3 is 7.12 Å². The van der Waals surface area contributed by atoms with Crippen molar-refractivity contribution in [1.29, 1.82) is 0 Å². The molecular weight excluding hydrogens is 257 g/mol. The van der Waals surface area contributed by atoms with Gasteiger partial charge in [0.1, 0.15) is 5.82 Å². The third kappa shape index (κ3) is 2.72. The number of benzene rings is 1. The molecule has 0 unspecified atom stereocenters. The molecule has 1 heterocycles. The Kier molecular flexibility index (Phi) is 3.70. The first-order valence-electron chi connectivity index (χ1n) is 5.31. The second kappa shape index (κ2) is 5.10. The topological polar surface area (TPSA) is 58.3 Å². The number of aromatic nitrogens is 2. The summed E-state index contributed by atoms with van der Waals surface area (Å²) >= 11 is 5.88. The van der Waals surface area contributed by atoms with Gasteiger partial charge in [-0.3, -0.25) is 4.68 Å². The van der Waals surface area contributed by atoms with Gasteiger partial charge in [-0.1, -0.05) is 23.7 Å². The quantitative estimate of drug-likeness (QED) is 0.806. The third-order valence-electron chi connectivity index (χ3n) is 2.57. The van der Waals surface area contributed by atoms with E-state index in [-0.39, 0.29) is 5.46 Å². The molecule has 0 amide bonds. The molecule has 0 aliphatic carbocycles. The monoisotopic (exact) mass is 268 g/mol. The molecule has 2 rings (SSSR count). The van der Waals surface area contributed by atoms with Crippen LogP contribution in [-0.2, 0) is 6.54 Å². The fourth-order valence-electron chi connectivity index (χ4n) is 1.65. The molecule has 2 aromatic rings. The van der Waals surface area contributed by atoms with Crippen LogP contribution in [0.1, 0.15) is 11.3 Å². The van der Waals surface area contributed by atoms with Gasteiger partial charge in [0.25, 0.3) is 0 Å². The summed E-state index contributed by atoms with van der Waals surface area (Å²) in [6, 6.07) is 4.15. The van der Waals surface area contributed by atoms with E-state index in [1.807, 2.05) is 0 Å². The summed E-state index contributed by atoms with van der Waals surface area (Å²) in [6.45, 7) is 2.17. The van der Waals surface area contributed by atoms with Crippen molar-refractivity contribution in [3.8, 4) is 0 Å². The lowest BCUT2D eigenvalue weighted by Gasteiger charge is -2.06. The minimum atomic E-state index is -1.83. The summed E-state index contributed by atoms with van der Waals surface area (Å²) in [5, 5.41) is 22.8. The van der Waals surface area contributed by atoms with E-state index in [0.29, 0.717) is 22.8 Å². The fourth-order valence-corrected chi connectivity index (χ4v) is 1.80. The summed E-state index contributed by atoms with van der Waals surface area (Å²) in [5.74, 6) is -0.650. The van der Waals surface area contributed by atoms with Crippen LogP contribution in [0, 0.1) is 12.7 Å². The van der Waals surface area contributed by atoms with Gasteiger partial charge in [-0.05, 0) is 18.6 Å². The Hall–Kier alpha value is -1.37. The highest BCUT2D eigenvalue weighted by molar-refractivity contribution is 6.58. The molecule has 0 aliphatic heterocycles. The minimum Gasteiger partial charge on any atom is -0.423 e. The van der Waals surface area contributed by atoms with Gasteiger partial charge in [0.2, 0.25) is 0 Å². The molecule has 18 heavy (non-hydrogen) atoms. The zero-order valence-corrected chi connectivity index (χ0v) is 10.4. The van der Waals surface area contributed by atoms with Gasteiger partial charge in [-0.2, -0.15) is 5.10 Å². The smallest absolute Gasteiger partial charge is 0.423 e. The Bertz CT molecular complexity index is 555. The van der Waals surface area contributed by atoms with Crippen LogP contribution < -0.4 is 5.46 Å². The summed E-state index contributed by atoms with van der Waals surface area (Å²) in [5.41, 5.74) is 1.27. The van der Waals surface area contributed by atoms with E-state index in [1.54, 1.807) is 23.9 Å². The van der Waals surface area contributed by atoms with E-state index >= 15 is 0 Å². The molecule has 4 nitrogen and oxygen atoms in total. The van der Waals surface area contributed by atoms with Crippen LogP contribution in [0.25, 0.3) is 0 Å². The summed E-state index contributed by atoms with van der Waals surface area (Å²) in [6.07, 6.45) is 1.66. The lowest BCUT2D eigenvalue weighted by molar-refractivity contribution is 0.423. The van der Waals surface area contributed by atoms with Crippen molar-refractivity contribution in [2.24, 2.45) is 0 Å². The Morgan fingerprint density at radius 1 is 1.44 bits per heavy atom. The number of halogens is 2. The van der Waals surface area contributed by atoms with E-state index in [1.165, 1.54) is 12.1 Å².